The highest BCUT2D eigenvalue weighted by Gasteiger charge is 2.21. The van der Waals surface area contributed by atoms with Crippen LogP contribution in [0.1, 0.15) is 32.5 Å². The average molecular weight is 557 g/mol. The summed E-state index contributed by atoms with van der Waals surface area (Å²) in [4.78, 5) is 7.13. The van der Waals surface area contributed by atoms with Crippen LogP contribution in [0.2, 0.25) is 0 Å². The number of methoxy groups -OCH3 is 2. The fourth-order valence-electron chi connectivity index (χ4n) is 3.78. The first kappa shape index (κ1) is 26.0. The van der Waals surface area contributed by atoms with Crippen molar-refractivity contribution in [3.63, 3.8) is 0 Å². The zero-order valence-electron chi connectivity index (χ0n) is 19.5. The minimum Gasteiger partial charge on any atom is -0.497 e. The van der Waals surface area contributed by atoms with Gasteiger partial charge in [-0.1, -0.05) is 6.92 Å². The standard InChI is InChI=1S/C22H35N7O2.HI/c1-5-21-27-25-16-29(21)12-9-24-22(23-6-2)26-17-7-10-28(11-8-17)18-13-19(30-3)15-20(14-18)31-4;/h13-17H,5-12H2,1-4H3,(H2,23,24,26);1H. The summed E-state index contributed by atoms with van der Waals surface area (Å²) < 4.78 is 12.9. The first-order valence-corrected chi connectivity index (χ1v) is 11.1. The average Bonchev–Trinajstić information content (AvgIpc) is 3.26. The molecule has 2 aromatic rings. The number of nitrogens with zero attached hydrogens (tertiary/aromatic N) is 5. The van der Waals surface area contributed by atoms with Gasteiger partial charge in [-0.2, -0.15) is 0 Å². The van der Waals surface area contributed by atoms with E-state index in [0.717, 1.165) is 74.4 Å². The van der Waals surface area contributed by atoms with Crippen molar-refractivity contribution in [2.45, 2.75) is 45.7 Å². The number of hydrogen-bond donors (Lipinski definition) is 2. The van der Waals surface area contributed by atoms with Crippen LogP contribution in [0.15, 0.2) is 29.5 Å². The normalized spacial score (nSPS) is 14.6. The highest BCUT2D eigenvalue weighted by atomic mass is 127. The van der Waals surface area contributed by atoms with Crippen molar-refractivity contribution in [3.05, 3.63) is 30.4 Å². The molecular weight excluding hydrogens is 521 g/mol. The first-order chi connectivity index (χ1) is 15.2. The summed E-state index contributed by atoms with van der Waals surface area (Å²) >= 11 is 0. The number of aromatic nitrogens is 3. The van der Waals surface area contributed by atoms with E-state index in [4.69, 9.17) is 14.5 Å². The van der Waals surface area contributed by atoms with Gasteiger partial charge >= 0.3 is 0 Å². The van der Waals surface area contributed by atoms with Crippen LogP contribution >= 0.6 is 24.0 Å². The molecule has 0 spiro atoms. The smallest absolute Gasteiger partial charge is 0.191 e. The van der Waals surface area contributed by atoms with E-state index in [2.05, 4.69) is 56.3 Å². The molecule has 32 heavy (non-hydrogen) atoms. The lowest BCUT2D eigenvalue weighted by atomic mass is 10.0. The summed E-state index contributed by atoms with van der Waals surface area (Å²) in [7, 11) is 3.37. The Hall–Kier alpha value is -2.24. The molecule has 1 aromatic heterocycles. The largest absolute Gasteiger partial charge is 0.497 e. The van der Waals surface area contributed by atoms with Gasteiger partial charge in [0.15, 0.2) is 5.96 Å². The van der Waals surface area contributed by atoms with E-state index in [1.807, 2.05) is 6.07 Å². The second-order valence-corrected chi connectivity index (χ2v) is 7.53. The number of ether oxygens (including phenoxy) is 2. The predicted octanol–water partition coefficient (Wildman–Crippen LogP) is 2.70. The lowest BCUT2D eigenvalue weighted by Gasteiger charge is -2.34. The maximum atomic E-state index is 5.42. The van der Waals surface area contributed by atoms with Gasteiger partial charge in [-0.05, 0) is 19.8 Å². The Labute approximate surface area is 208 Å². The van der Waals surface area contributed by atoms with Gasteiger partial charge in [-0.15, -0.1) is 34.2 Å². The topological polar surface area (TPSA) is 88.8 Å². The van der Waals surface area contributed by atoms with E-state index in [-0.39, 0.29) is 24.0 Å². The monoisotopic (exact) mass is 557 g/mol. The molecule has 0 aliphatic carbocycles. The van der Waals surface area contributed by atoms with Crippen LogP contribution < -0.4 is 25.0 Å². The Kier molecular flexibility index (Phi) is 10.8. The Morgan fingerprint density at radius 2 is 1.81 bits per heavy atom. The maximum Gasteiger partial charge on any atom is 0.191 e. The van der Waals surface area contributed by atoms with E-state index in [0.29, 0.717) is 12.6 Å². The molecule has 0 saturated carbocycles. The van der Waals surface area contributed by atoms with E-state index in [9.17, 15) is 0 Å². The summed E-state index contributed by atoms with van der Waals surface area (Å²) in [5, 5.41) is 15.1. The minimum absolute atomic E-state index is 0. The van der Waals surface area contributed by atoms with Gasteiger partial charge < -0.3 is 29.6 Å². The number of nitrogens with one attached hydrogen (secondary N) is 2. The molecular formula is C22H36IN7O2. The molecule has 1 saturated heterocycles. The molecule has 0 atom stereocenters. The van der Waals surface area contributed by atoms with Crippen LogP contribution in [0.5, 0.6) is 11.5 Å². The molecule has 3 rings (SSSR count). The number of rotatable bonds is 9. The lowest BCUT2D eigenvalue weighted by molar-refractivity contribution is 0.393. The lowest BCUT2D eigenvalue weighted by Crippen LogP contribution is -2.48. The second-order valence-electron chi connectivity index (χ2n) is 7.53. The SMILES string of the molecule is CCNC(=NCCn1cnnc1CC)NC1CCN(c2cc(OC)cc(OC)c2)CC1.I. The van der Waals surface area contributed by atoms with Crippen molar-refractivity contribution in [3.8, 4) is 11.5 Å². The third kappa shape index (κ3) is 7.14. The van der Waals surface area contributed by atoms with E-state index >= 15 is 0 Å². The molecule has 1 aromatic carbocycles. The van der Waals surface area contributed by atoms with Crippen molar-refractivity contribution in [2.24, 2.45) is 4.99 Å². The number of piperidine rings is 1. The van der Waals surface area contributed by atoms with Crippen LogP contribution in [0, 0.1) is 0 Å². The Bertz CT molecular complexity index is 828. The van der Waals surface area contributed by atoms with Crippen molar-refractivity contribution >= 4 is 35.6 Å². The highest BCUT2D eigenvalue weighted by molar-refractivity contribution is 14.0. The number of benzene rings is 1. The van der Waals surface area contributed by atoms with E-state index < -0.39 is 0 Å². The van der Waals surface area contributed by atoms with Gasteiger partial charge in [-0.25, -0.2) is 0 Å². The summed E-state index contributed by atoms with van der Waals surface area (Å²) in [5.74, 6) is 3.50. The van der Waals surface area contributed by atoms with Gasteiger partial charge in [0.2, 0.25) is 0 Å². The van der Waals surface area contributed by atoms with Gasteiger partial charge in [-0.3, -0.25) is 4.99 Å². The molecule has 178 valence electrons. The third-order valence-electron chi connectivity index (χ3n) is 5.50. The summed E-state index contributed by atoms with van der Waals surface area (Å²) in [6.45, 7) is 8.41. The molecule has 0 bridgehead atoms. The molecule has 10 heteroatoms. The number of aryl methyl sites for hydroxylation is 1. The minimum atomic E-state index is 0. The van der Waals surface area contributed by atoms with Gasteiger partial charge in [0.1, 0.15) is 23.7 Å². The Morgan fingerprint density at radius 1 is 1.12 bits per heavy atom. The number of halogens is 1. The van der Waals surface area contributed by atoms with Crippen molar-refractivity contribution < 1.29 is 9.47 Å². The number of aliphatic imine (C=N–C) groups is 1. The zero-order valence-corrected chi connectivity index (χ0v) is 21.8. The van der Waals surface area contributed by atoms with E-state index in [1.54, 1.807) is 20.5 Å². The summed E-state index contributed by atoms with van der Waals surface area (Å²) in [6.07, 6.45) is 4.72. The first-order valence-electron chi connectivity index (χ1n) is 11.1. The van der Waals surface area contributed by atoms with Crippen molar-refractivity contribution in [2.75, 3.05) is 45.3 Å². The quantitative estimate of drug-likeness (QED) is 0.279. The number of anilines is 1. The van der Waals surface area contributed by atoms with Crippen LogP contribution in [0.3, 0.4) is 0 Å². The molecule has 9 nitrogen and oxygen atoms in total. The summed E-state index contributed by atoms with van der Waals surface area (Å²) in [6, 6.07) is 6.43. The highest BCUT2D eigenvalue weighted by Crippen LogP contribution is 2.30. The molecule has 0 amide bonds. The summed E-state index contributed by atoms with van der Waals surface area (Å²) in [5.41, 5.74) is 1.14. The molecule has 0 unspecified atom stereocenters. The predicted molar refractivity (Wildman–Crippen MR) is 139 cm³/mol. The molecule has 2 N–H and O–H groups in total. The second kappa shape index (κ2) is 13.3. The molecule has 0 radical (unpaired) electrons. The number of guanidine groups is 1. The van der Waals surface area contributed by atoms with Crippen molar-refractivity contribution in [1.82, 2.24) is 25.4 Å². The fraction of sp³-hybridized carbons (Fsp3) is 0.591. The van der Waals surface area contributed by atoms with Crippen LogP contribution in [0.4, 0.5) is 5.69 Å². The van der Waals surface area contributed by atoms with E-state index in [1.165, 1.54) is 0 Å². The molecule has 2 heterocycles. The van der Waals surface area contributed by atoms with Crippen molar-refractivity contribution in [1.29, 1.82) is 0 Å². The van der Waals surface area contributed by atoms with Crippen LogP contribution in [-0.4, -0.2) is 67.2 Å². The third-order valence-corrected chi connectivity index (χ3v) is 5.50. The molecule has 1 fully saturated rings. The fourth-order valence-corrected chi connectivity index (χ4v) is 3.78. The molecule has 1 aliphatic rings. The Balaban J connectivity index is 0.00000363. The van der Waals surface area contributed by atoms with Gasteiger partial charge in [0.25, 0.3) is 0 Å². The molecule has 1 aliphatic heterocycles. The maximum absolute atomic E-state index is 5.42. The number of hydrogen-bond acceptors (Lipinski definition) is 6. The van der Waals surface area contributed by atoms with Gasteiger partial charge in [0.05, 0.1) is 20.8 Å². The van der Waals surface area contributed by atoms with Gasteiger partial charge in [0, 0.05) is 62.5 Å². The van der Waals surface area contributed by atoms with Crippen LogP contribution in [-0.2, 0) is 13.0 Å². The van der Waals surface area contributed by atoms with Crippen LogP contribution in [0.25, 0.3) is 0 Å². The Morgan fingerprint density at radius 3 is 2.41 bits per heavy atom. The zero-order chi connectivity index (χ0) is 22.1.